The zero-order chi connectivity index (χ0) is 33.6. The molecule has 48 heavy (non-hydrogen) atoms. The largest absolute Gasteiger partial charge is 0.444 e. The van der Waals surface area contributed by atoms with E-state index in [1.54, 1.807) is 33.0 Å². The Bertz CT molecular complexity index is 2120. The number of benzene rings is 2. The number of rotatable bonds is 7. The van der Waals surface area contributed by atoms with Gasteiger partial charge in [-0.2, -0.15) is 5.10 Å². The number of amides is 2. The summed E-state index contributed by atoms with van der Waals surface area (Å²) < 4.78 is 6.36. The molecule has 5 aromatic rings. The lowest BCUT2D eigenvalue weighted by atomic mass is 9.87. The lowest BCUT2D eigenvalue weighted by Crippen LogP contribution is -2.43. The van der Waals surface area contributed by atoms with E-state index < -0.39 is 17.1 Å². The van der Waals surface area contributed by atoms with Crippen molar-refractivity contribution >= 4 is 49.6 Å². The monoisotopic (exact) mass is 708 g/mol. The minimum Gasteiger partial charge on any atom is -0.444 e. The fraction of sp³-hybridized carbons (Fsp3) is 0.351. The van der Waals surface area contributed by atoms with Crippen LogP contribution in [0.4, 0.5) is 4.79 Å². The summed E-state index contributed by atoms with van der Waals surface area (Å²) >= 11 is 3.63. The predicted molar refractivity (Wildman–Crippen MR) is 186 cm³/mol. The van der Waals surface area contributed by atoms with Crippen molar-refractivity contribution in [2.75, 3.05) is 0 Å². The molecule has 0 spiro atoms. The Kier molecular flexibility index (Phi) is 8.27. The second kappa shape index (κ2) is 12.4. The zero-order valence-electron chi connectivity index (χ0n) is 27.2. The first kappa shape index (κ1) is 31.9. The lowest BCUT2D eigenvalue weighted by molar-refractivity contribution is -0.137. The Morgan fingerprint density at radius 3 is 2.67 bits per heavy atom. The standard InChI is InChI=1S/C37H37BrN6O4/c1-36(2,3)48-35(47)40-20-30-27-19-23(12-14-25(27)33(45)43-42-30)37(16-17-37)34(46)44(31-11-4-7-22-8-6-18-39-32(22)31)21-24-13-15-26-28(38)9-5-10-29(26)41-24/h5-6,8-10,12-15,18-19,31H,4,7,11,16-17,20-21H2,1-3H3,(H,40,47)(H,43,45). The van der Waals surface area contributed by atoms with Crippen LogP contribution in [0.2, 0.25) is 0 Å². The summed E-state index contributed by atoms with van der Waals surface area (Å²) in [6.45, 7) is 5.76. The molecule has 1 fully saturated rings. The minimum absolute atomic E-state index is 0.0210. The SMILES string of the molecule is CC(C)(C)OC(=O)NCc1n[nH]c(=O)c2ccc(C3(C(=O)N(Cc4ccc5c(Br)cccc5n4)C4CCCc5cccnc54)CC3)cc12. The van der Waals surface area contributed by atoms with Crippen molar-refractivity contribution in [2.24, 2.45) is 0 Å². The molecular formula is C37H37BrN6O4. The highest BCUT2D eigenvalue weighted by Gasteiger charge is 2.54. The molecule has 0 saturated heterocycles. The first-order valence-corrected chi connectivity index (χ1v) is 17.1. The van der Waals surface area contributed by atoms with Gasteiger partial charge in [-0.05, 0) is 106 Å². The molecule has 10 nitrogen and oxygen atoms in total. The van der Waals surface area contributed by atoms with Crippen molar-refractivity contribution in [2.45, 2.75) is 83.0 Å². The van der Waals surface area contributed by atoms with Crippen LogP contribution in [-0.4, -0.2) is 42.7 Å². The summed E-state index contributed by atoms with van der Waals surface area (Å²) in [4.78, 5) is 52.0. The fourth-order valence-corrected chi connectivity index (χ4v) is 7.27. The molecule has 0 aliphatic heterocycles. The predicted octanol–water partition coefficient (Wildman–Crippen LogP) is 6.79. The number of fused-ring (bicyclic) bond motifs is 3. The molecule has 0 bridgehead atoms. The van der Waals surface area contributed by atoms with E-state index in [0.717, 1.165) is 51.6 Å². The number of H-pyrrole nitrogens is 1. The number of ether oxygens (including phenoxy) is 1. The molecule has 1 unspecified atom stereocenters. The Labute approximate surface area is 286 Å². The van der Waals surface area contributed by atoms with Gasteiger partial charge in [-0.25, -0.2) is 9.89 Å². The van der Waals surface area contributed by atoms with E-state index in [4.69, 9.17) is 14.7 Å². The number of alkyl carbamates (subject to hydrolysis) is 1. The molecule has 1 atom stereocenters. The van der Waals surface area contributed by atoms with Crippen LogP contribution in [-0.2, 0) is 34.5 Å². The molecule has 0 radical (unpaired) electrons. The van der Waals surface area contributed by atoms with Crippen LogP contribution < -0.4 is 10.9 Å². The molecule has 2 amide bonds. The second-order valence-corrected chi connectivity index (χ2v) is 14.5. The highest BCUT2D eigenvalue weighted by atomic mass is 79.9. The highest BCUT2D eigenvalue weighted by molar-refractivity contribution is 9.10. The third-order valence-electron chi connectivity index (χ3n) is 9.25. The maximum Gasteiger partial charge on any atom is 0.407 e. The highest BCUT2D eigenvalue weighted by Crippen LogP contribution is 2.52. The number of halogens is 1. The molecule has 2 aliphatic rings. The molecule has 7 rings (SSSR count). The van der Waals surface area contributed by atoms with Crippen molar-refractivity contribution in [3.63, 3.8) is 0 Å². The number of pyridine rings is 2. The Hall–Kier alpha value is -4.64. The molecule has 2 N–H and O–H groups in total. The van der Waals surface area contributed by atoms with Gasteiger partial charge in [-0.15, -0.1) is 0 Å². The number of aryl methyl sites for hydroxylation is 1. The van der Waals surface area contributed by atoms with Crippen molar-refractivity contribution in [1.29, 1.82) is 0 Å². The number of nitrogens with zero attached hydrogens (tertiary/aromatic N) is 4. The average Bonchev–Trinajstić information content (AvgIpc) is 3.88. The second-order valence-electron chi connectivity index (χ2n) is 13.7. The number of nitrogens with one attached hydrogen (secondary N) is 2. The van der Waals surface area contributed by atoms with Gasteiger partial charge in [0.25, 0.3) is 5.56 Å². The fourth-order valence-electron chi connectivity index (χ4n) is 6.78. The quantitative estimate of drug-likeness (QED) is 0.190. The van der Waals surface area contributed by atoms with Gasteiger partial charge in [-0.3, -0.25) is 19.6 Å². The van der Waals surface area contributed by atoms with Gasteiger partial charge in [-0.1, -0.05) is 34.1 Å². The van der Waals surface area contributed by atoms with Gasteiger partial charge in [0.2, 0.25) is 5.91 Å². The van der Waals surface area contributed by atoms with Crippen molar-refractivity contribution in [3.05, 3.63) is 110 Å². The number of aromatic nitrogens is 4. The maximum atomic E-state index is 15.0. The van der Waals surface area contributed by atoms with E-state index in [0.29, 0.717) is 35.9 Å². The molecule has 1 saturated carbocycles. The zero-order valence-corrected chi connectivity index (χ0v) is 28.8. The van der Waals surface area contributed by atoms with Crippen LogP contribution in [0.15, 0.2) is 76.1 Å². The number of carbonyl (C=O) groups is 2. The summed E-state index contributed by atoms with van der Waals surface area (Å²) in [5.41, 5.74) is 3.32. The van der Waals surface area contributed by atoms with Crippen LogP contribution in [0.25, 0.3) is 21.7 Å². The minimum atomic E-state index is -0.765. The number of hydrogen-bond acceptors (Lipinski definition) is 7. The van der Waals surface area contributed by atoms with E-state index in [-0.39, 0.29) is 24.1 Å². The van der Waals surface area contributed by atoms with Gasteiger partial charge in [0, 0.05) is 21.4 Å². The third-order valence-corrected chi connectivity index (χ3v) is 9.94. The topological polar surface area (TPSA) is 130 Å². The van der Waals surface area contributed by atoms with E-state index in [1.807, 2.05) is 53.4 Å². The van der Waals surface area contributed by atoms with E-state index >= 15 is 4.79 Å². The van der Waals surface area contributed by atoms with Crippen LogP contribution in [0.3, 0.4) is 0 Å². The first-order valence-electron chi connectivity index (χ1n) is 16.3. The Morgan fingerprint density at radius 1 is 1.06 bits per heavy atom. The van der Waals surface area contributed by atoms with Crippen molar-refractivity contribution in [1.82, 2.24) is 30.4 Å². The molecular weight excluding hydrogens is 672 g/mol. The number of hydrogen-bond donors (Lipinski definition) is 2. The Balaban J connectivity index is 1.26. The van der Waals surface area contributed by atoms with E-state index in [1.165, 1.54) is 5.56 Å². The normalized spacial score (nSPS) is 16.7. The van der Waals surface area contributed by atoms with Gasteiger partial charge < -0.3 is 15.0 Å². The smallest absolute Gasteiger partial charge is 0.407 e. The third kappa shape index (κ3) is 6.19. The molecule has 246 valence electrons. The van der Waals surface area contributed by atoms with Crippen LogP contribution in [0, 0.1) is 0 Å². The number of aromatic amines is 1. The summed E-state index contributed by atoms with van der Waals surface area (Å²) in [7, 11) is 0. The van der Waals surface area contributed by atoms with Crippen molar-refractivity contribution < 1.29 is 14.3 Å². The van der Waals surface area contributed by atoms with Gasteiger partial charge in [0.1, 0.15) is 5.60 Å². The molecule has 3 aromatic heterocycles. The van der Waals surface area contributed by atoms with Crippen LogP contribution in [0.5, 0.6) is 0 Å². The maximum absolute atomic E-state index is 15.0. The Morgan fingerprint density at radius 2 is 1.88 bits per heavy atom. The van der Waals surface area contributed by atoms with Gasteiger partial charge in [0.15, 0.2) is 0 Å². The summed E-state index contributed by atoms with van der Waals surface area (Å²) in [6, 6.07) is 19.4. The molecule has 11 heteroatoms. The average molecular weight is 710 g/mol. The number of carbonyl (C=O) groups excluding carboxylic acids is 2. The van der Waals surface area contributed by atoms with E-state index in [2.05, 4.69) is 37.5 Å². The molecule has 2 aromatic carbocycles. The molecule has 3 heterocycles. The lowest BCUT2D eigenvalue weighted by Gasteiger charge is -2.37. The first-order chi connectivity index (χ1) is 23.0. The van der Waals surface area contributed by atoms with E-state index in [9.17, 15) is 9.59 Å². The van der Waals surface area contributed by atoms with Gasteiger partial charge >= 0.3 is 6.09 Å². The van der Waals surface area contributed by atoms with Crippen LogP contribution in [0.1, 0.15) is 80.7 Å². The molecule has 2 aliphatic carbocycles. The summed E-state index contributed by atoms with van der Waals surface area (Å²) in [5, 5.41) is 11.6. The van der Waals surface area contributed by atoms with Gasteiger partial charge in [0.05, 0.1) is 52.5 Å². The summed E-state index contributed by atoms with van der Waals surface area (Å²) in [5.74, 6) is 0.0210. The van der Waals surface area contributed by atoms with Crippen LogP contribution >= 0.6 is 15.9 Å². The summed E-state index contributed by atoms with van der Waals surface area (Å²) in [6.07, 6.45) is 5.27. The van der Waals surface area contributed by atoms with Crippen molar-refractivity contribution in [3.8, 4) is 0 Å².